The molecule has 3 heteroatoms. The van der Waals surface area contributed by atoms with Gasteiger partial charge in [0.25, 0.3) is 0 Å². The molecule has 0 aromatic heterocycles. The van der Waals surface area contributed by atoms with Crippen molar-refractivity contribution >= 4 is 33.5 Å². The van der Waals surface area contributed by atoms with E-state index in [9.17, 15) is 0 Å². The fourth-order valence-electron chi connectivity index (χ4n) is 1.53. The fraction of sp³-hybridized carbons (Fsp3) is 0.182. The molecule has 0 fully saturated rings. The van der Waals surface area contributed by atoms with Gasteiger partial charge in [0, 0.05) is 16.5 Å². The van der Waals surface area contributed by atoms with Crippen LogP contribution in [0.3, 0.4) is 0 Å². The van der Waals surface area contributed by atoms with E-state index in [1.807, 2.05) is 18.2 Å². The van der Waals surface area contributed by atoms with Crippen molar-refractivity contribution in [2.75, 3.05) is 0 Å². The average Bonchev–Trinajstić information content (AvgIpc) is 2.21. The number of fused-ring (bicyclic) bond motifs is 1. The van der Waals surface area contributed by atoms with Crippen molar-refractivity contribution < 1.29 is 0 Å². The van der Waals surface area contributed by atoms with Gasteiger partial charge >= 0.3 is 0 Å². The van der Waals surface area contributed by atoms with Crippen LogP contribution < -0.4 is 5.73 Å². The van der Waals surface area contributed by atoms with Gasteiger partial charge in [-0.15, -0.1) is 0 Å². The Hall–Kier alpha value is -1.09. The Balaban J connectivity index is 2.61. The number of rotatable bonds is 0. The summed E-state index contributed by atoms with van der Waals surface area (Å²) >= 11 is 3.42. The van der Waals surface area contributed by atoms with Gasteiger partial charge in [0.15, 0.2) is 0 Å². The minimum Gasteiger partial charge on any atom is -0.387 e. The number of nitrogens with two attached hydrogens (primary N) is 1. The molecule has 1 aliphatic heterocycles. The second-order valence-corrected chi connectivity index (χ2v) is 4.39. The lowest BCUT2D eigenvalue weighted by Gasteiger charge is -2.00. The molecule has 72 valence electrons. The van der Waals surface area contributed by atoms with Crippen LogP contribution in [0.5, 0.6) is 0 Å². The summed E-state index contributed by atoms with van der Waals surface area (Å²) < 4.78 is 1.03. The number of hydrogen-bond acceptors (Lipinski definition) is 2. The minimum atomic E-state index is 0.676. The first-order valence-corrected chi connectivity index (χ1v) is 5.24. The highest BCUT2D eigenvalue weighted by molar-refractivity contribution is 9.10. The van der Waals surface area contributed by atoms with Crippen LogP contribution >= 0.6 is 15.9 Å². The van der Waals surface area contributed by atoms with Crippen molar-refractivity contribution in [2.24, 2.45) is 10.7 Å². The lowest BCUT2D eigenvalue weighted by atomic mass is 10.1. The average molecular weight is 251 g/mol. The molecule has 1 heterocycles. The van der Waals surface area contributed by atoms with Crippen LogP contribution in [0.4, 0.5) is 5.69 Å². The number of benzene rings is 1. The molecule has 0 saturated heterocycles. The van der Waals surface area contributed by atoms with Crippen LogP contribution in [0.25, 0.3) is 6.08 Å². The number of halogens is 1. The summed E-state index contributed by atoms with van der Waals surface area (Å²) in [5.74, 6) is 0.676. The molecule has 1 aliphatic rings. The summed E-state index contributed by atoms with van der Waals surface area (Å²) in [6, 6.07) is 6.04. The second kappa shape index (κ2) is 3.58. The first-order chi connectivity index (χ1) is 6.65. The van der Waals surface area contributed by atoms with E-state index in [0.717, 1.165) is 22.1 Å². The molecule has 2 rings (SSSR count). The predicted octanol–water partition coefficient (Wildman–Crippen LogP) is 3.24. The van der Waals surface area contributed by atoms with Crippen LogP contribution in [0.2, 0.25) is 0 Å². The molecule has 0 unspecified atom stereocenters. The molecule has 0 bridgehead atoms. The molecule has 0 saturated carbocycles. The Kier molecular flexibility index (Phi) is 2.42. The Morgan fingerprint density at radius 1 is 1.43 bits per heavy atom. The first-order valence-electron chi connectivity index (χ1n) is 4.45. The zero-order chi connectivity index (χ0) is 10.1. The van der Waals surface area contributed by atoms with Crippen molar-refractivity contribution in [1.29, 1.82) is 0 Å². The zero-order valence-corrected chi connectivity index (χ0v) is 9.51. The molecule has 0 radical (unpaired) electrons. The lowest BCUT2D eigenvalue weighted by Crippen LogP contribution is -2.10. The van der Waals surface area contributed by atoms with E-state index in [-0.39, 0.29) is 0 Å². The van der Waals surface area contributed by atoms with Crippen LogP contribution in [0.15, 0.2) is 33.2 Å². The molecule has 2 N–H and O–H groups in total. The largest absolute Gasteiger partial charge is 0.387 e. The molecule has 0 amide bonds. The molecular formula is C11H11BrN2. The van der Waals surface area contributed by atoms with Gasteiger partial charge in [-0.05, 0) is 19.1 Å². The maximum atomic E-state index is 5.78. The van der Waals surface area contributed by atoms with Gasteiger partial charge in [-0.2, -0.15) is 0 Å². The van der Waals surface area contributed by atoms with E-state index >= 15 is 0 Å². The molecule has 0 atom stereocenters. The first kappa shape index (κ1) is 9.46. The highest BCUT2D eigenvalue weighted by Crippen LogP contribution is 2.28. The van der Waals surface area contributed by atoms with Crippen molar-refractivity contribution in [3.05, 3.63) is 33.8 Å². The normalized spacial score (nSPS) is 15.3. The van der Waals surface area contributed by atoms with E-state index in [4.69, 9.17) is 5.73 Å². The molecule has 14 heavy (non-hydrogen) atoms. The summed E-state index contributed by atoms with van der Waals surface area (Å²) in [6.07, 6.45) is 2.89. The molecule has 2 nitrogen and oxygen atoms in total. The van der Waals surface area contributed by atoms with Gasteiger partial charge in [0.05, 0.1) is 5.69 Å². The van der Waals surface area contributed by atoms with Crippen LogP contribution in [-0.4, -0.2) is 5.84 Å². The summed E-state index contributed by atoms with van der Waals surface area (Å²) in [4.78, 5) is 4.36. The maximum Gasteiger partial charge on any atom is 0.104 e. The summed E-state index contributed by atoms with van der Waals surface area (Å²) in [7, 11) is 0. The number of nitrogens with zero attached hydrogens (tertiary/aromatic N) is 1. The number of hydrogen-bond donors (Lipinski definition) is 1. The lowest BCUT2D eigenvalue weighted by molar-refractivity contribution is 1.26. The van der Waals surface area contributed by atoms with Crippen molar-refractivity contribution in [3.63, 3.8) is 0 Å². The van der Waals surface area contributed by atoms with E-state index < -0.39 is 0 Å². The summed E-state index contributed by atoms with van der Waals surface area (Å²) in [5.41, 5.74) is 9.10. The van der Waals surface area contributed by atoms with Crippen LogP contribution in [0, 0.1) is 0 Å². The SMILES string of the molecule is CC1=Cc2ccc(Br)cc2N=C(N)C1. The summed E-state index contributed by atoms with van der Waals surface area (Å²) in [5, 5.41) is 0. The van der Waals surface area contributed by atoms with Crippen molar-refractivity contribution in [3.8, 4) is 0 Å². The molecule has 1 aromatic carbocycles. The Bertz CT molecular complexity index is 433. The predicted molar refractivity (Wildman–Crippen MR) is 63.7 cm³/mol. The minimum absolute atomic E-state index is 0.676. The van der Waals surface area contributed by atoms with E-state index in [1.165, 1.54) is 5.57 Å². The van der Waals surface area contributed by atoms with Gasteiger partial charge in [-0.1, -0.05) is 33.6 Å². The third-order valence-corrected chi connectivity index (χ3v) is 2.61. The monoisotopic (exact) mass is 250 g/mol. The topological polar surface area (TPSA) is 38.4 Å². The van der Waals surface area contributed by atoms with Gasteiger partial charge in [0.2, 0.25) is 0 Å². The van der Waals surface area contributed by atoms with Gasteiger partial charge in [0.1, 0.15) is 5.84 Å². The quantitative estimate of drug-likeness (QED) is 0.755. The Labute approximate surface area is 91.7 Å². The van der Waals surface area contributed by atoms with E-state index in [0.29, 0.717) is 5.84 Å². The zero-order valence-electron chi connectivity index (χ0n) is 7.92. The molecule has 0 aliphatic carbocycles. The number of amidine groups is 1. The highest BCUT2D eigenvalue weighted by atomic mass is 79.9. The number of aliphatic imine (C=N–C) groups is 1. The van der Waals surface area contributed by atoms with Gasteiger partial charge in [-0.3, -0.25) is 0 Å². The highest BCUT2D eigenvalue weighted by Gasteiger charge is 2.06. The second-order valence-electron chi connectivity index (χ2n) is 3.47. The molecule has 1 aromatic rings. The Morgan fingerprint density at radius 3 is 3.00 bits per heavy atom. The molecular weight excluding hydrogens is 240 g/mol. The van der Waals surface area contributed by atoms with E-state index in [1.54, 1.807) is 0 Å². The third-order valence-electron chi connectivity index (χ3n) is 2.12. The summed E-state index contributed by atoms with van der Waals surface area (Å²) in [6.45, 7) is 2.07. The Morgan fingerprint density at radius 2 is 2.21 bits per heavy atom. The maximum absolute atomic E-state index is 5.78. The smallest absolute Gasteiger partial charge is 0.104 e. The van der Waals surface area contributed by atoms with Crippen molar-refractivity contribution in [1.82, 2.24) is 0 Å². The fourth-order valence-corrected chi connectivity index (χ4v) is 1.88. The third kappa shape index (κ3) is 1.87. The van der Waals surface area contributed by atoms with Crippen LogP contribution in [0.1, 0.15) is 18.9 Å². The standard InChI is InChI=1S/C11H11BrN2/c1-7-4-8-2-3-9(12)6-10(8)14-11(13)5-7/h2-4,6H,5H2,1H3,(H2,13,14). The van der Waals surface area contributed by atoms with Crippen molar-refractivity contribution in [2.45, 2.75) is 13.3 Å². The van der Waals surface area contributed by atoms with E-state index in [2.05, 4.69) is 33.9 Å². The van der Waals surface area contributed by atoms with Crippen LogP contribution in [-0.2, 0) is 0 Å². The van der Waals surface area contributed by atoms with Gasteiger partial charge in [-0.25, -0.2) is 4.99 Å². The molecule has 0 spiro atoms. The van der Waals surface area contributed by atoms with Gasteiger partial charge < -0.3 is 5.73 Å².